The maximum atomic E-state index is 9.76. The topological polar surface area (TPSA) is 20.2 Å². The summed E-state index contributed by atoms with van der Waals surface area (Å²) in [4.78, 5) is 0.468. The summed E-state index contributed by atoms with van der Waals surface area (Å²) >= 11 is 0.408. The number of rotatable bonds is 2. The van der Waals surface area contributed by atoms with E-state index in [1.54, 1.807) is 0 Å². The second-order valence-corrected chi connectivity index (χ2v) is 6.22. The molecule has 0 saturated carbocycles. The van der Waals surface area contributed by atoms with E-state index in [-0.39, 0.29) is 6.10 Å². The average molecular weight is 253 g/mol. The molecule has 0 heterocycles. The molecule has 2 heteroatoms. The normalized spacial score (nSPS) is 26.4. The van der Waals surface area contributed by atoms with E-state index >= 15 is 0 Å². The number of aliphatic hydroxyl groups is 1. The molecule has 0 aromatic heterocycles. The van der Waals surface area contributed by atoms with Crippen LogP contribution in [0.15, 0.2) is 42.5 Å². The van der Waals surface area contributed by atoms with Crippen LogP contribution in [0.5, 0.6) is 0 Å². The fourth-order valence-electron chi connectivity index (χ4n) is 1.59. The van der Waals surface area contributed by atoms with Crippen molar-refractivity contribution < 1.29 is 5.11 Å². The van der Waals surface area contributed by atoms with Gasteiger partial charge in [0.2, 0.25) is 0 Å². The Morgan fingerprint density at radius 3 is 2.71 bits per heavy atom. The van der Waals surface area contributed by atoms with E-state index < -0.39 is 0 Å². The number of benzene rings is 1. The van der Waals surface area contributed by atoms with Gasteiger partial charge in [-0.2, -0.15) is 0 Å². The van der Waals surface area contributed by atoms with E-state index in [4.69, 9.17) is 0 Å². The molecule has 74 valence electrons. The Labute approximate surface area is 91.0 Å². The quantitative estimate of drug-likeness (QED) is 0.626. The van der Waals surface area contributed by atoms with Crippen LogP contribution in [0, 0.1) is 0 Å². The number of aliphatic hydroxyl groups excluding tert-OH is 1. The van der Waals surface area contributed by atoms with Crippen molar-refractivity contribution in [1.29, 1.82) is 0 Å². The molecule has 0 amide bonds. The molecule has 0 radical (unpaired) electrons. The molecular weight excluding hydrogens is 239 g/mol. The van der Waals surface area contributed by atoms with Crippen LogP contribution in [0.4, 0.5) is 0 Å². The molecular formula is C12H14OSe. The Bertz CT molecular complexity index is 307. The van der Waals surface area contributed by atoms with Gasteiger partial charge in [0, 0.05) is 0 Å². The summed E-state index contributed by atoms with van der Waals surface area (Å²) in [5.74, 6) is 0. The first-order valence-corrected chi connectivity index (χ1v) is 6.77. The molecule has 2 atom stereocenters. The Morgan fingerprint density at radius 1 is 1.21 bits per heavy atom. The Morgan fingerprint density at radius 2 is 2.00 bits per heavy atom. The van der Waals surface area contributed by atoms with Crippen LogP contribution >= 0.6 is 0 Å². The van der Waals surface area contributed by atoms with Gasteiger partial charge in [-0.15, -0.1) is 0 Å². The molecule has 2 unspecified atom stereocenters. The molecule has 0 spiro atoms. The van der Waals surface area contributed by atoms with Crippen molar-refractivity contribution >= 4 is 19.4 Å². The van der Waals surface area contributed by atoms with Crippen LogP contribution in [-0.4, -0.2) is 26.2 Å². The van der Waals surface area contributed by atoms with Gasteiger partial charge in [-0.1, -0.05) is 0 Å². The van der Waals surface area contributed by atoms with Gasteiger partial charge in [0.05, 0.1) is 0 Å². The molecule has 1 aliphatic carbocycles. The monoisotopic (exact) mass is 254 g/mol. The van der Waals surface area contributed by atoms with Crippen LogP contribution in [0.2, 0.25) is 4.82 Å². The van der Waals surface area contributed by atoms with Gasteiger partial charge in [-0.25, -0.2) is 0 Å². The van der Waals surface area contributed by atoms with Gasteiger partial charge in [0.25, 0.3) is 0 Å². The fraction of sp³-hybridized carbons (Fsp3) is 0.333. The molecule has 14 heavy (non-hydrogen) atoms. The minimum absolute atomic E-state index is 0.219. The first kappa shape index (κ1) is 9.97. The fourth-order valence-corrected chi connectivity index (χ4v) is 4.00. The van der Waals surface area contributed by atoms with E-state index in [1.807, 2.05) is 12.1 Å². The van der Waals surface area contributed by atoms with Gasteiger partial charge in [-0.3, -0.25) is 0 Å². The third-order valence-corrected chi connectivity index (χ3v) is 5.22. The van der Waals surface area contributed by atoms with Crippen molar-refractivity contribution in [2.24, 2.45) is 0 Å². The predicted octanol–water partition coefficient (Wildman–Crippen LogP) is 1.52. The van der Waals surface area contributed by atoms with Gasteiger partial charge >= 0.3 is 90.8 Å². The van der Waals surface area contributed by atoms with Crippen LogP contribution in [0.3, 0.4) is 0 Å². The third-order valence-electron chi connectivity index (χ3n) is 2.36. The van der Waals surface area contributed by atoms with Crippen molar-refractivity contribution in [3.63, 3.8) is 0 Å². The van der Waals surface area contributed by atoms with Crippen molar-refractivity contribution in [1.82, 2.24) is 0 Å². The summed E-state index contributed by atoms with van der Waals surface area (Å²) in [7, 11) is 0. The average Bonchev–Trinajstić information content (AvgIpc) is 2.23. The molecule has 1 aliphatic rings. The van der Waals surface area contributed by atoms with Crippen molar-refractivity contribution in [2.45, 2.75) is 23.8 Å². The first-order valence-electron chi connectivity index (χ1n) is 4.93. The summed E-state index contributed by atoms with van der Waals surface area (Å²) in [6.45, 7) is 0. The first-order chi connectivity index (χ1) is 6.86. The van der Waals surface area contributed by atoms with Crippen LogP contribution in [0.25, 0.3) is 0 Å². The molecule has 1 nitrogen and oxygen atoms in total. The van der Waals surface area contributed by atoms with Gasteiger partial charge < -0.3 is 0 Å². The maximum absolute atomic E-state index is 9.76. The zero-order valence-corrected chi connectivity index (χ0v) is 9.68. The van der Waals surface area contributed by atoms with E-state index in [9.17, 15) is 5.11 Å². The SMILES string of the molecule is OC1C=CCCC1[Se]c1ccccc1. The molecule has 1 N–H and O–H groups in total. The Hall–Kier alpha value is -0.561. The van der Waals surface area contributed by atoms with Gasteiger partial charge in [-0.05, 0) is 0 Å². The third kappa shape index (κ3) is 2.48. The molecule has 0 saturated heterocycles. The molecule has 2 rings (SSSR count). The van der Waals surface area contributed by atoms with Crippen molar-refractivity contribution in [3.8, 4) is 0 Å². The summed E-state index contributed by atoms with van der Waals surface area (Å²) in [6, 6.07) is 10.5. The zero-order chi connectivity index (χ0) is 9.80. The second kappa shape index (κ2) is 4.79. The van der Waals surface area contributed by atoms with Crippen LogP contribution in [0.1, 0.15) is 12.8 Å². The van der Waals surface area contributed by atoms with Gasteiger partial charge in [0.1, 0.15) is 0 Å². The summed E-state index contributed by atoms with van der Waals surface area (Å²) in [5, 5.41) is 9.76. The van der Waals surface area contributed by atoms with E-state index in [1.165, 1.54) is 4.46 Å². The molecule has 1 aromatic carbocycles. The van der Waals surface area contributed by atoms with E-state index in [2.05, 4.69) is 30.3 Å². The second-order valence-electron chi connectivity index (χ2n) is 3.47. The summed E-state index contributed by atoms with van der Waals surface area (Å²) in [6.07, 6.45) is 6.06. The van der Waals surface area contributed by atoms with Crippen LogP contribution < -0.4 is 4.46 Å². The van der Waals surface area contributed by atoms with Crippen molar-refractivity contribution in [2.75, 3.05) is 0 Å². The number of hydrogen-bond acceptors (Lipinski definition) is 1. The van der Waals surface area contributed by atoms with E-state index in [0.29, 0.717) is 19.8 Å². The number of allylic oxidation sites excluding steroid dienone is 1. The zero-order valence-electron chi connectivity index (χ0n) is 7.97. The Kier molecular flexibility index (Phi) is 3.41. The Balaban J connectivity index is 2.01. The van der Waals surface area contributed by atoms with Crippen molar-refractivity contribution in [3.05, 3.63) is 42.5 Å². The van der Waals surface area contributed by atoms with E-state index in [0.717, 1.165) is 12.8 Å². The van der Waals surface area contributed by atoms with Gasteiger partial charge in [0.15, 0.2) is 0 Å². The number of hydrogen-bond donors (Lipinski definition) is 1. The molecule has 1 aromatic rings. The minimum atomic E-state index is -0.219. The summed E-state index contributed by atoms with van der Waals surface area (Å²) < 4.78 is 1.39. The molecule has 0 bridgehead atoms. The molecule has 0 aliphatic heterocycles. The predicted molar refractivity (Wildman–Crippen MR) is 60.0 cm³/mol. The molecule has 0 fully saturated rings. The van der Waals surface area contributed by atoms with Crippen LogP contribution in [-0.2, 0) is 0 Å². The summed E-state index contributed by atoms with van der Waals surface area (Å²) in [5.41, 5.74) is 0. The standard InChI is InChI=1S/C12H14OSe/c13-11-8-4-5-9-12(11)14-10-6-2-1-3-7-10/h1-4,6-8,11-13H,5,9H2.